The van der Waals surface area contributed by atoms with E-state index in [0.29, 0.717) is 22.5 Å². The smallest absolute Gasteiger partial charge is 0.191 e. The quantitative estimate of drug-likeness (QED) is 0.647. The Morgan fingerprint density at radius 2 is 1.79 bits per heavy atom. The van der Waals surface area contributed by atoms with Crippen LogP contribution in [0, 0.1) is 6.92 Å². The van der Waals surface area contributed by atoms with Gasteiger partial charge in [-0.1, -0.05) is 11.8 Å². The average molecular weight is 277 g/mol. The van der Waals surface area contributed by atoms with E-state index in [0.717, 1.165) is 17.1 Å². The minimum Gasteiger partial charge on any atom is -0.497 e. The zero-order valence-electron chi connectivity index (χ0n) is 10.8. The molecule has 0 spiro atoms. The molecular weight excluding hydrogens is 262 g/mol. The molecule has 0 aromatic carbocycles. The number of ether oxygens (including phenoxy) is 1. The van der Waals surface area contributed by atoms with Crippen LogP contribution in [0.4, 0.5) is 11.6 Å². The van der Waals surface area contributed by atoms with E-state index in [1.807, 2.05) is 19.1 Å². The highest BCUT2D eigenvalue weighted by Crippen LogP contribution is 2.22. The predicted octanol–water partition coefficient (Wildman–Crippen LogP) is 1.65. The molecule has 2 aromatic rings. The molecule has 0 amide bonds. The van der Waals surface area contributed by atoms with Crippen molar-refractivity contribution in [3.63, 3.8) is 0 Å². The summed E-state index contributed by atoms with van der Waals surface area (Å²) in [5.74, 6) is 2.15. The van der Waals surface area contributed by atoms with Crippen LogP contribution in [0.1, 0.15) is 11.4 Å². The molecule has 100 valence electrons. The first-order valence-corrected chi connectivity index (χ1v) is 6.60. The second-order valence-electron chi connectivity index (χ2n) is 3.93. The molecule has 0 saturated carbocycles. The lowest BCUT2D eigenvalue weighted by Gasteiger charge is -2.06. The van der Waals surface area contributed by atoms with Gasteiger partial charge in [0.05, 0.1) is 12.8 Å². The Morgan fingerprint density at radius 1 is 1.11 bits per heavy atom. The van der Waals surface area contributed by atoms with Crippen LogP contribution in [0.2, 0.25) is 0 Å². The van der Waals surface area contributed by atoms with Gasteiger partial charge in [0.1, 0.15) is 17.4 Å². The van der Waals surface area contributed by atoms with E-state index in [-0.39, 0.29) is 0 Å². The van der Waals surface area contributed by atoms with Crippen LogP contribution in [-0.2, 0) is 5.75 Å². The Labute approximate surface area is 115 Å². The molecule has 0 fully saturated rings. The summed E-state index contributed by atoms with van der Waals surface area (Å²) >= 11 is 1.43. The molecule has 19 heavy (non-hydrogen) atoms. The Morgan fingerprint density at radius 3 is 2.42 bits per heavy atom. The van der Waals surface area contributed by atoms with E-state index < -0.39 is 0 Å². The number of rotatable bonds is 4. The molecule has 7 heteroatoms. The molecule has 0 atom stereocenters. The number of nitrogen functional groups attached to an aromatic ring is 2. The maximum atomic E-state index is 5.62. The third kappa shape index (κ3) is 3.72. The van der Waals surface area contributed by atoms with Crippen molar-refractivity contribution < 1.29 is 4.74 Å². The molecule has 0 unspecified atom stereocenters. The van der Waals surface area contributed by atoms with Crippen LogP contribution in [0.5, 0.6) is 5.75 Å². The molecule has 0 radical (unpaired) electrons. The molecule has 2 aromatic heterocycles. The second-order valence-corrected chi connectivity index (χ2v) is 4.87. The first kappa shape index (κ1) is 13.4. The fourth-order valence-electron chi connectivity index (χ4n) is 1.56. The summed E-state index contributed by atoms with van der Waals surface area (Å²) in [7, 11) is 1.63. The second kappa shape index (κ2) is 5.75. The summed E-state index contributed by atoms with van der Waals surface area (Å²) in [6.07, 6.45) is 0. The molecule has 2 rings (SSSR count). The monoisotopic (exact) mass is 277 g/mol. The van der Waals surface area contributed by atoms with E-state index in [4.69, 9.17) is 16.2 Å². The number of hydrogen-bond acceptors (Lipinski definition) is 7. The maximum Gasteiger partial charge on any atom is 0.191 e. The topological polar surface area (TPSA) is 99.9 Å². The number of nitrogens with zero attached hydrogens (tertiary/aromatic N) is 3. The van der Waals surface area contributed by atoms with Gasteiger partial charge in [-0.05, 0) is 6.92 Å². The van der Waals surface area contributed by atoms with Gasteiger partial charge in [-0.2, -0.15) is 0 Å². The molecule has 0 aliphatic carbocycles. The van der Waals surface area contributed by atoms with Gasteiger partial charge in [0.15, 0.2) is 5.16 Å². The fourth-order valence-corrected chi connectivity index (χ4v) is 2.32. The highest BCUT2D eigenvalue weighted by molar-refractivity contribution is 7.98. The Kier molecular flexibility index (Phi) is 4.06. The Hall–Kier alpha value is -2.02. The molecule has 0 aliphatic rings. The average Bonchev–Trinajstić information content (AvgIpc) is 2.34. The standard InChI is InChI=1S/C12H15N5OS/c1-7-3-9(18-2)4-8(15-7)6-19-12-16-10(13)5-11(14)17-12/h3-5H,6H2,1-2H3,(H4,13,14,16,17). The number of hydrogen-bond donors (Lipinski definition) is 2. The zero-order valence-corrected chi connectivity index (χ0v) is 11.6. The number of aryl methyl sites for hydroxylation is 1. The number of thioether (sulfide) groups is 1. The Balaban J connectivity index is 2.11. The molecule has 0 saturated heterocycles. The number of nitrogens with two attached hydrogens (primary N) is 2. The van der Waals surface area contributed by atoms with Crippen molar-refractivity contribution in [2.45, 2.75) is 17.8 Å². The van der Waals surface area contributed by atoms with Gasteiger partial charge in [-0.3, -0.25) is 4.98 Å². The van der Waals surface area contributed by atoms with E-state index >= 15 is 0 Å². The summed E-state index contributed by atoms with van der Waals surface area (Å²) in [5, 5.41) is 0.541. The first-order valence-electron chi connectivity index (χ1n) is 5.61. The van der Waals surface area contributed by atoms with Crippen molar-refractivity contribution in [2.24, 2.45) is 0 Å². The van der Waals surface area contributed by atoms with Crippen LogP contribution < -0.4 is 16.2 Å². The third-order valence-corrected chi connectivity index (χ3v) is 3.19. The molecule has 4 N–H and O–H groups in total. The first-order chi connectivity index (χ1) is 9.06. The zero-order chi connectivity index (χ0) is 13.8. The van der Waals surface area contributed by atoms with Crippen LogP contribution in [-0.4, -0.2) is 22.1 Å². The fraction of sp³-hybridized carbons (Fsp3) is 0.250. The van der Waals surface area contributed by atoms with Gasteiger partial charge < -0.3 is 16.2 Å². The van der Waals surface area contributed by atoms with Gasteiger partial charge in [0, 0.05) is 29.6 Å². The predicted molar refractivity (Wildman–Crippen MR) is 75.9 cm³/mol. The number of pyridine rings is 1. The van der Waals surface area contributed by atoms with Gasteiger partial charge >= 0.3 is 0 Å². The summed E-state index contributed by atoms with van der Waals surface area (Å²) in [4.78, 5) is 12.6. The van der Waals surface area contributed by atoms with Crippen LogP contribution >= 0.6 is 11.8 Å². The normalized spacial score (nSPS) is 10.4. The van der Waals surface area contributed by atoms with Crippen molar-refractivity contribution in [1.29, 1.82) is 0 Å². The number of aromatic nitrogens is 3. The lowest BCUT2D eigenvalue weighted by atomic mass is 10.3. The molecule has 6 nitrogen and oxygen atoms in total. The van der Waals surface area contributed by atoms with Crippen molar-refractivity contribution in [3.05, 3.63) is 29.6 Å². The van der Waals surface area contributed by atoms with Gasteiger partial charge in [0.2, 0.25) is 0 Å². The summed E-state index contributed by atoms with van der Waals surface area (Å²) in [6, 6.07) is 5.29. The lowest BCUT2D eigenvalue weighted by Crippen LogP contribution is -2.00. The third-order valence-electron chi connectivity index (χ3n) is 2.31. The highest BCUT2D eigenvalue weighted by Gasteiger charge is 2.05. The van der Waals surface area contributed by atoms with E-state index in [1.165, 1.54) is 17.8 Å². The minimum atomic E-state index is 0.366. The van der Waals surface area contributed by atoms with Crippen molar-refractivity contribution >= 4 is 23.4 Å². The summed E-state index contributed by atoms with van der Waals surface area (Å²) in [5.41, 5.74) is 13.0. The van der Waals surface area contributed by atoms with Crippen LogP contribution in [0.3, 0.4) is 0 Å². The molecular formula is C12H15N5OS. The van der Waals surface area contributed by atoms with Crippen molar-refractivity contribution in [2.75, 3.05) is 18.6 Å². The molecule has 2 heterocycles. The largest absolute Gasteiger partial charge is 0.497 e. The van der Waals surface area contributed by atoms with Gasteiger partial charge in [-0.15, -0.1) is 0 Å². The minimum absolute atomic E-state index is 0.366. The maximum absolute atomic E-state index is 5.62. The van der Waals surface area contributed by atoms with E-state index in [1.54, 1.807) is 7.11 Å². The van der Waals surface area contributed by atoms with Gasteiger partial charge in [-0.25, -0.2) is 9.97 Å². The molecule has 0 bridgehead atoms. The highest BCUT2D eigenvalue weighted by atomic mass is 32.2. The van der Waals surface area contributed by atoms with Gasteiger partial charge in [0.25, 0.3) is 0 Å². The SMILES string of the molecule is COc1cc(C)nc(CSc2nc(N)cc(N)n2)c1. The van der Waals surface area contributed by atoms with Crippen LogP contribution in [0.15, 0.2) is 23.4 Å². The molecule has 0 aliphatic heterocycles. The number of methoxy groups -OCH3 is 1. The van der Waals surface area contributed by atoms with E-state index in [9.17, 15) is 0 Å². The lowest BCUT2D eigenvalue weighted by molar-refractivity contribution is 0.413. The number of anilines is 2. The van der Waals surface area contributed by atoms with Crippen LogP contribution in [0.25, 0.3) is 0 Å². The summed E-state index contributed by atoms with van der Waals surface area (Å²) in [6.45, 7) is 1.92. The summed E-state index contributed by atoms with van der Waals surface area (Å²) < 4.78 is 5.21. The van der Waals surface area contributed by atoms with Crippen molar-refractivity contribution in [3.8, 4) is 5.75 Å². The Bertz CT molecular complexity index is 570. The van der Waals surface area contributed by atoms with Crippen molar-refractivity contribution in [1.82, 2.24) is 15.0 Å². The van der Waals surface area contributed by atoms with E-state index in [2.05, 4.69) is 15.0 Å².